The monoisotopic (exact) mass is 289 g/mol. The summed E-state index contributed by atoms with van der Waals surface area (Å²) in [4.78, 5) is 0. The number of rotatable bonds is 2. The third-order valence-corrected chi connectivity index (χ3v) is 3.69. The molecule has 5 nitrogen and oxygen atoms in total. The molecule has 0 aliphatic rings. The number of hydrogen-bond donors (Lipinski definition) is 0. The second kappa shape index (κ2) is 4.33. The summed E-state index contributed by atoms with van der Waals surface area (Å²) in [6, 6.07) is 4.48. The van der Waals surface area contributed by atoms with Crippen molar-refractivity contribution in [2.75, 3.05) is 0 Å². The van der Waals surface area contributed by atoms with Crippen molar-refractivity contribution < 1.29 is 12.8 Å². The molecule has 1 heterocycles. The molecule has 0 N–H and O–H groups in total. The van der Waals surface area contributed by atoms with E-state index in [0.29, 0.717) is 11.1 Å². The van der Waals surface area contributed by atoms with Crippen molar-refractivity contribution in [3.05, 3.63) is 29.6 Å². The molecule has 0 radical (unpaired) electrons. The summed E-state index contributed by atoms with van der Waals surface area (Å²) in [7, 11) is 2.67. The van der Waals surface area contributed by atoms with Crippen LogP contribution in [0.3, 0.4) is 0 Å². The van der Waals surface area contributed by atoms with E-state index in [4.69, 9.17) is 10.7 Å². The van der Waals surface area contributed by atoms with E-state index in [1.165, 1.54) is 17.7 Å². The molecule has 0 amide bonds. The average molecular weight is 290 g/mol. The number of halogens is 2. The van der Waals surface area contributed by atoms with E-state index < -0.39 is 14.9 Å². The van der Waals surface area contributed by atoms with Crippen molar-refractivity contribution in [3.8, 4) is 11.4 Å². The minimum Gasteiger partial charge on any atom is -0.300 e. The van der Waals surface area contributed by atoms with E-state index in [0.717, 1.165) is 0 Å². The third-order valence-electron chi connectivity index (χ3n) is 2.48. The van der Waals surface area contributed by atoms with Crippen LogP contribution in [0.1, 0.15) is 5.56 Å². The Hall–Kier alpha value is -1.47. The van der Waals surface area contributed by atoms with Crippen LogP contribution in [-0.2, 0) is 16.1 Å². The first-order valence-electron chi connectivity index (χ1n) is 4.91. The minimum atomic E-state index is -3.97. The van der Waals surface area contributed by atoms with Gasteiger partial charge in [-0.3, -0.25) is 4.57 Å². The summed E-state index contributed by atoms with van der Waals surface area (Å²) >= 11 is 0. The molecule has 0 aliphatic carbocycles. The highest BCUT2D eigenvalue weighted by Crippen LogP contribution is 2.22. The molecule has 0 aliphatic heterocycles. The molecular weight excluding hydrogens is 281 g/mol. The number of aromatic nitrogens is 3. The molecule has 8 heteroatoms. The normalized spacial score (nSPS) is 11.8. The van der Waals surface area contributed by atoms with Gasteiger partial charge in [0.25, 0.3) is 14.2 Å². The van der Waals surface area contributed by atoms with Gasteiger partial charge in [0.1, 0.15) is 5.82 Å². The Morgan fingerprint density at radius 3 is 2.50 bits per heavy atom. The topological polar surface area (TPSA) is 64.8 Å². The van der Waals surface area contributed by atoms with E-state index in [9.17, 15) is 12.8 Å². The van der Waals surface area contributed by atoms with Crippen LogP contribution in [0.4, 0.5) is 4.39 Å². The molecular formula is C10H9ClFN3O2S. The van der Waals surface area contributed by atoms with Crippen molar-refractivity contribution in [1.29, 1.82) is 0 Å². The van der Waals surface area contributed by atoms with Gasteiger partial charge in [0.2, 0.25) is 0 Å². The summed E-state index contributed by atoms with van der Waals surface area (Å²) in [6.07, 6.45) is 0. The van der Waals surface area contributed by atoms with Crippen molar-refractivity contribution in [3.63, 3.8) is 0 Å². The first kappa shape index (κ1) is 13.0. The average Bonchev–Trinajstić information content (AvgIpc) is 2.64. The molecule has 18 heavy (non-hydrogen) atoms. The fourth-order valence-corrected chi connectivity index (χ4v) is 2.47. The van der Waals surface area contributed by atoms with Gasteiger partial charge in [0.05, 0.1) is 0 Å². The maximum atomic E-state index is 13.4. The first-order valence-corrected chi connectivity index (χ1v) is 7.22. The van der Waals surface area contributed by atoms with Gasteiger partial charge in [0.15, 0.2) is 5.82 Å². The molecule has 1 aromatic carbocycles. The summed E-state index contributed by atoms with van der Waals surface area (Å²) < 4.78 is 37.0. The second-order valence-corrected chi connectivity index (χ2v) is 6.23. The van der Waals surface area contributed by atoms with Crippen molar-refractivity contribution in [1.82, 2.24) is 14.8 Å². The molecule has 0 spiro atoms. The largest absolute Gasteiger partial charge is 0.300 e. The van der Waals surface area contributed by atoms with Gasteiger partial charge in [-0.2, -0.15) is 0 Å². The third kappa shape index (κ3) is 2.23. The van der Waals surface area contributed by atoms with Gasteiger partial charge in [-0.25, -0.2) is 12.8 Å². The maximum Gasteiger partial charge on any atom is 0.296 e. The Balaban J connectivity index is 2.59. The van der Waals surface area contributed by atoms with Gasteiger partial charge >= 0.3 is 0 Å². The summed E-state index contributed by atoms with van der Waals surface area (Å²) in [6.45, 7) is 1.63. The molecule has 2 aromatic rings. The lowest BCUT2D eigenvalue weighted by atomic mass is 10.1. The Morgan fingerprint density at radius 1 is 1.33 bits per heavy atom. The van der Waals surface area contributed by atoms with Crippen molar-refractivity contribution in [2.45, 2.75) is 12.1 Å². The fourth-order valence-electron chi connectivity index (χ4n) is 1.51. The van der Waals surface area contributed by atoms with Crippen LogP contribution in [-0.4, -0.2) is 23.2 Å². The van der Waals surface area contributed by atoms with Crippen LogP contribution in [0.5, 0.6) is 0 Å². The first-order chi connectivity index (χ1) is 8.30. The lowest BCUT2D eigenvalue weighted by Crippen LogP contribution is -2.03. The van der Waals surface area contributed by atoms with E-state index in [2.05, 4.69) is 10.2 Å². The lowest BCUT2D eigenvalue weighted by molar-refractivity contribution is 0.593. The number of nitrogens with zero attached hydrogens (tertiary/aromatic N) is 3. The highest BCUT2D eigenvalue weighted by atomic mass is 35.7. The molecule has 0 fully saturated rings. The molecule has 1 aromatic heterocycles. The summed E-state index contributed by atoms with van der Waals surface area (Å²) in [5, 5.41) is 6.82. The van der Waals surface area contributed by atoms with Crippen molar-refractivity contribution >= 4 is 19.7 Å². The van der Waals surface area contributed by atoms with E-state index in [1.807, 2.05) is 0 Å². The van der Waals surface area contributed by atoms with Crippen LogP contribution in [0, 0.1) is 12.7 Å². The standard InChI is InChI=1S/C10H9ClFN3O2S/c1-6-3-4-7(5-8(6)12)9-13-14-10(15(9)2)18(11,16)17/h3-5H,1-2H3. The van der Waals surface area contributed by atoms with Gasteiger partial charge < -0.3 is 0 Å². The minimum absolute atomic E-state index is 0.230. The predicted molar refractivity (Wildman–Crippen MR) is 64.2 cm³/mol. The van der Waals surface area contributed by atoms with Crippen LogP contribution >= 0.6 is 10.7 Å². The Labute approximate surface area is 108 Å². The van der Waals surface area contributed by atoms with Gasteiger partial charge in [-0.1, -0.05) is 12.1 Å². The quantitative estimate of drug-likeness (QED) is 0.792. The van der Waals surface area contributed by atoms with E-state index in [1.54, 1.807) is 19.1 Å². The van der Waals surface area contributed by atoms with Gasteiger partial charge in [-0.05, 0) is 18.6 Å². The molecule has 0 bridgehead atoms. The van der Waals surface area contributed by atoms with E-state index in [-0.39, 0.29) is 11.0 Å². The Morgan fingerprint density at radius 2 is 2.00 bits per heavy atom. The Bertz CT molecular complexity index is 712. The SMILES string of the molecule is Cc1ccc(-c2nnc(S(=O)(=O)Cl)n2C)cc1F. The van der Waals surface area contributed by atoms with Crippen LogP contribution < -0.4 is 0 Å². The smallest absolute Gasteiger partial charge is 0.296 e. The zero-order chi connectivity index (χ0) is 13.5. The molecule has 0 atom stereocenters. The molecule has 96 valence electrons. The van der Waals surface area contributed by atoms with Crippen LogP contribution in [0.25, 0.3) is 11.4 Å². The highest BCUT2D eigenvalue weighted by Gasteiger charge is 2.21. The zero-order valence-corrected chi connectivity index (χ0v) is 11.1. The lowest BCUT2D eigenvalue weighted by Gasteiger charge is -2.03. The highest BCUT2D eigenvalue weighted by molar-refractivity contribution is 8.13. The number of hydrogen-bond acceptors (Lipinski definition) is 4. The number of aryl methyl sites for hydroxylation is 1. The van der Waals surface area contributed by atoms with E-state index >= 15 is 0 Å². The maximum absolute atomic E-state index is 13.4. The van der Waals surface area contributed by atoms with Crippen LogP contribution in [0.15, 0.2) is 23.4 Å². The Kier molecular flexibility index (Phi) is 3.12. The fraction of sp³-hybridized carbons (Fsp3) is 0.200. The van der Waals surface area contributed by atoms with Crippen molar-refractivity contribution in [2.24, 2.45) is 7.05 Å². The van der Waals surface area contributed by atoms with Gasteiger partial charge in [-0.15, -0.1) is 10.2 Å². The molecule has 0 saturated carbocycles. The summed E-state index contributed by atoms with van der Waals surface area (Å²) in [5.74, 6) is -0.168. The molecule has 0 saturated heterocycles. The molecule has 0 unspecified atom stereocenters. The summed E-state index contributed by atoms with van der Waals surface area (Å²) in [5.41, 5.74) is 0.922. The molecule has 2 rings (SSSR count). The van der Waals surface area contributed by atoms with Gasteiger partial charge in [0, 0.05) is 23.3 Å². The predicted octanol–water partition coefficient (Wildman–Crippen LogP) is 1.86. The van der Waals surface area contributed by atoms with Crippen LogP contribution in [0.2, 0.25) is 0 Å². The number of benzene rings is 1. The zero-order valence-electron chi connectivity index (χ0n) is 9.55. The second-order valence-electron chi connectivity index (χ2n) is 3.77.